The Bertz CT molecular complexity index is 203. The summed E-state index contributed by atoms with van der Waals surface area (Å²) in [5.41, 5.74) is 1.39. The molecule has 1 heteroatoms. The van der Waals surface area contributed by atoms with Crippen LogP contribution < -0.4 is 0 Å². The van der Waals surface area contributed by atoms with E-state index >= 15 is 0 Å². The summed E-state index contributed by atoms with van der Waals surface area (Å²) in [5, 5.41) is 10.2. The average Bonchev–Trinajstić information content (AvgIpc) is 2.30. The highest BCUT2D eigenvalue weighted by atomic mass is 16.3. The highest BCUT2D eigenvalue weighted by molar-refractivity contribution is 5.12. The van der Waals surface area contributed by atoms with Gasteiger partial charge in [0.25, 0.3) is 0 Å². The number of aliphatic hydroxyl groups excluding tert-OH is 1. The summed E-state index contributed by atoms with van der Waals surface area (Å²) in [7, 11) is 0. The summed E-state index contributed by atoms with van der Waals surface area (Å²) >= 11 is 0. The first-order valence-corrected chi connectivity index (χ1v) is 6.29. The van der Waals surface area contributed by atoms with Crippen LogP contribution in [0.4, 0.5) is 0 Å². The molecule has 0 aromatic heterocycles. The first-order chi connectivity index (χ1) is 6.88. The maximum absolute atomic E-state index is 10.2. The second-order valence-electron chi connectivity index (χ2n) is 4.88. The van der Waals surface area contributed by atoms with E-state index in [9.17, 15) is 5.11 Å². The van der Waals surface area contributed by atoms with Gasteiger partial charge in [0.1, 0.15) is 0 Å². The summed E-state index contributed by atoms with van der Waals surface area (Å²) in [5.74, 6) is 1.32. The zero-order chi connectivity index (χ0) is 9.80. The van der Waals surface area contributed by atoms with Crippen LogP contribution in [0.5, 0.6) is 0 Å². The van der Waals surface area contributed by atoms with Crippen LogP contribution in [0.15, 0.2) is 11.3 Å². The number of hydrogen-bond acceptors (Lipinski definition) is 1. The second kappa shape index (κ2) is 4.86. The molecule has 0 heterocycles. The third-order valence-electron chi connectivity index (χ3n) is 3.81. The van der Waals surface area contributed by atoms with Gasteiger partial charge in [-0.3, -0.25) is 0 Å². The lowest BCUT2D eigenvalue weighted by molar-refractivity contribution is 0.265. The van der Waals surface area contributed by atoms with Crippen LogP contribution in [-0.2, 0) is 0 Å². The maximum Gasteiger partial charge on any atom is 0.0945 e. The van der Waals surface area contributed by atoms with E-state index in [0.29, 0.717) is 5.92 Å². The number of allylic oxidation sites excluding steroid dienone is 2. The van der Waals surface area contributed by atoms with Crippen molar-refractivity contribution >= 4 is 0 Å². The Morgan fingerprint density at radius 3 is 2.07 bits per heavy atom. The Morgan fingerprint density at radius 2 is 1.43 bits per heavy atom. The van der Waals surface area contributed by atoms with Gasteiger partial charge in [-0.25, -0.2) is 0 Å². The third-order valence-corrected chi connectivity index (χ3v) is 3.81. The van der Waals surface area contributed by atoms with Crippen LogP contribution >= 0.6 is 0 Å². The normalized spacial score (nSPS) is 25.0. The van der Waals surface area contributed by atoms with E-state index in [2.05, 4.69) is 0 Å². The fraction of sp³-hybridized carbons (Fsp3) is 0.846. The molecule has 0 aliphatic heterocycles. The van der Waals surface area contributed by atoms with Gasteiger partial charge >= 0.3 is 0 Å². The van der Waals surface area contributed by atoms with E-state index in [-0.39, 0.29) is 0 Å². The molecule has 2 fully saturated rings. The molecular weight excluding hydrogens is 172 g/mol. The first kappa shape index (κ1) is 10.1. The van der Waals surface area contributed by atoms with Gasteiger partial charge in [0.05, 0.1) is 5.76 Å². The van der Waals surface area contributed by atoms with Crippen molar-refractivity contribution in [2.45, 2.75) is 64.2 Å². The maximum atomic E-state index is 10.2. The minimum absolute atomic E-state index is 0.525. The van der Waals surface area contributed by atoms with E-state index < -0.39 is 0 Å². The van der Waals surface area contributed by atoms with Crippen molar-refractivity contribution in [3.63, 3.8) is 0 Å². The van der Waals surface area contributed by atoms with Crippen molar-refractivity contribution in [2.24, 2.45) is 5.92 Å². The quantitative estimate of drug-likeness (QED) is 0.615. The van der Waals surface area contributed by atoms with Crippen molar-refractivity contribution < 1.29 is 5.11 Å². The molecule has 0 unspecified atom stereocenters. The van der Waals surface area contributed by atoms with Gasteiger partial charge in [-0.05, 0) is 44.1 Å². The van der Waals surface area contributed by atoms with Gasteiger partial charge in [0, 0.05) is 5.92 Å². The molecule has 2 rings (SSSR count). The Morgan fingerprint density at radius 1 is 0.857 bits per heavy atom. The van der Waals surface area contributed by atoms with Crippen LogP contribution in [0, 0.1) is 5.92 Å². The lowest BCUT2D eigenvalue weighted by Gasteiger charge is -2.25. The molecule has 2 aliphatic carbocycles. The second-order valence-corrected chi connectivity index (χ2v) is 4.88. The van der Waals surface area contributed by atoms with Gasteiger partial charge in [-0.1, -0.05) is 25.7 Å². The zero-order valence-electron chi connectivity index (χ0n) is 9.10. The molecule has 0 spiro atoms. The average molecular weight is 194 g/mol. The number of aliphatic hydroxyl groups is 1. The van der Waals surface area contributed by atoms with Crippen LogP contribution in [-0.4, -0.2) is 5.11 Å². The summed E-state index contributed by atoms with van der Waals surface area (Å²) in [6, 6.07) is 0. The molecule has 0 aromatic rings. The SMILES string of the molecule is OC(=C1CCCCC1)C1CCCCC1. The molecule has 0 amide bonds. The summed E-state index contributed by atoms with van der Waals surface area (Å²) in [6.07, 6.45) is 12.8. The lowest BCUT2D eigenvalue weighted by atomic mass is 9.83. The van der Waals surface area contributed by atoms with Crippen LogP contribution in [0.25, 0.3) is 0 Å². The van der Waals surface area contributed by atoms with Crippen molar-refractivity contribution in [3.05, 3.63) is 11.3 Å². The van der Waals surface area contributed by atoms with Gasteiger partial charge in [0.2, 0.25) is 0 Å². The van der Waals surface area contributed by atoms with E-state index in [1.807, 2.05) is 0 Å². The Hall–Kier alpha value is -0.460. The minimum atomic E-state index is 0.525. The van der Waals surface area contributed by atoms with Gasteiger partial charge < -0.3 is 5.11 Å². The van der Waals surface area contributed by atoms with E-state index in [1.54, 1.807) is 0 Å². The van der Waals surface area contributed by atoms with E-state index in [4.69, 9.17) is 0 Å². The largest absolute Gasteiger partial charge is 0.512 e. The Balaban J connectivity index is 1.99. The third kappa shape index (κ3) is 2.31. The van der Waals surface area contributed by atoms with E-state index in [1.165, 1.54) is 69.8 Å². The topological polar surface area (TPSA) is 20.2 Å². The molecule has 80 valence electrons. The van der Waals surface area contributed by atoms with Crippen molar-refractivity contribution in [1.82, 2.24) is 0 Å². The predicted octanol–water partition coefficient (Wildman–Crippen LogP) is 4.34. The Kier molecular flexibility index (Phi) is 3.49. The van der Waals surface area contributed by atoms with Crippen molar-refractivity contribution in [1.29, 1.82) is 0 Å². The molecular formula is C13H22O. The van der Waals surface area contributed by atoms with Gasteiger partial charge in [-0.15, -0.1) is 0 Å². The minimum Gasteiger partial charge on any atom is -0.512 e. The number of hydrogen-bond donors (Lipinski definition) is 1. The zero-order valence-corrected chi connectivity index (χ0v) is 9.10. The van der Waals surface area contributed by atoms with Gasteiger partial charge in [-0.2, -0.15) is 0 Å². The molecule has 14 heavy (non-hydrogen) atoms. The standard InChI is InChI=1S/C13H22O/c14-13(11-7-3-1-4-8-11)12-9-5-2-6-10-12/h11,14H,1-10H2. The summed E-state index contributed by atoms with van der Waals surface area (Å²) in [6.45, 7) is 0. The van der Waals surface area contributed by atoms with Crippen LogP contribution in [0.1, 0.15) is 64.2 Å². The molecule has 1 N–H and O–H groups in total. The number of rotatable bonds is 1. The molecule has 0 saturated heterocycles. The molecule has 2 aliphatic rings. The molecule has 0 radical (unpaired) electrons. The molecule has 0 atom stereocenters. The molecule has 2 saturated carbocycles. The molecule has 1 nitrogen and oxygen atoms in total. The van der Waals surface area contributed by atoms with E-state index in [0.717, 1.165) is 5.76 Å². The lowest BCUT2D eigenvalue weighted by Crippen LogP contribution is -2.12. The fourth-order valence-corrected chi connectivity index (χ4v) is 2.90. The summed E-state index contributed by atoms with van der Waals surface area (Å²) in [4.78, 5) is 0. The molecule has 0 bridgehead atoms. The van der Waals surface area contributed by atoms with Crippen molar-refractivity contribution in [2.75, 3.05) is 0 Å². The molecule has 0 aromatic carbocycles. The summed E-state index contributed by atoms with van der Waals surface area (Å²) < 4.78 is 0. The van der Waals surface area contributed by atoms with Crippen LogP contribution in [0.3, 0.4) is 0 Å². The van der Waals surface area contributed by atoms with Gasteiger partial charge in [0.15, 0.2) is 0 Å². The Labute approximate surface area is 87.2 Å². The fourth-order valence-electron chi connectivity index (χ4n) is 2.90. The van der Waals surface area contributed by atoms with Crippen LogP contribution in [0.2, 0.25) is 0 Å². The monoisotopic (exact) mass is 194 g/mol. The smallest absolute Gasteiger partial charge is 0.0945 e. The van der Waals surface area contributed by atoms with Crippen molar-refractivity contribution in [3.8, 4) is 0 Å². The highest BCUT2D eigenvalue weighted by Gasteiger charge is 2.21. The predicted molar refractivity (Wildman–Crippen MR) is 59.3 cm³/mol. The first-order valence-electron chi connectivity index (χ1n) is 6.29. The highest BCUT2D eigenvalue weighted by Crippen LogP contribution is 2.34.